The van der Waals surface area contributed by atoms with Crippen molar-refractivity contribution in [1.29, 1.82) is 0 Å². The lowest BCUT2D eigenvalue weighted by Crippen LogP contribution is -2.58. The van der Waals surface area contributed by atoms with Crippen LogP contribution in [-0.4, -0.2) is 77.5 Å². The number of rotatable bonds is 1. The third kappa shape index (κ3) is 6.38. The highest BCUT2D eigenvalue weighted by molar-refractivity contribution is 7.45. The summed E-state index contributed by atoms with van der Waals surface area (Å²) >= 11 is 0. The van der Waals surface area contributed by atoms with Gasteiger partial charge in [0.15, 0.2) is 6.29 Å². The van der Waals surface area contributed by atoms with Gasteiger partial charge < -0.3 is 44.9 Å². The van der Waals surface area contributed by atoms with E-state index in [4.69, 9.17) is 44.8 Å². The number of ether oxygens (including phenoxy) is 1. The van der Waals surface area contributed by atoms with E-state index in [2.05, 4.69) is 4.74 Å². The standard InChI is InChI=1S/C6H12O6.H3O4P/c7-1-2-3(8)4(9)5(10)6(11)12-2;1-5(2,3)4/h2-11H,1H2;(H3,1,2,3,4)/t2-,3+,4+,5-,6?;/m1./s1. The molecule has 8 N–H and O–H groups in total. The van der Waals surface area contributed by atoms with Gasteiger partial charge in [-0.1, -0.05) is 0 Å². The van der Waals surface area contributed by atoms with Crippen molar-refractivity contribution < 1.29 is 49.5 Å². The average Bonchev–Trinajstić information content (AvgIpc) is 2.18. The van der Waals surface area contributed by atoms with Crippen LogP contribution in [0.5, 0.6) is 0 Å². The highest BCUT2D eigenvalue weighted by Gasteiger charge is 2.42. The summed E-state index contributed by atoms with van der Waals surface area (Å²) in [6.07, 6.45) is -7.04. The summed E-state index contributed by atoms with van der Waals surface area (Å²) in [5.41, 5.74) is 0. The van der Waals surface area contributed by atoms with Crippen LogP contribution in [0.4, 0.5) is 0 Å². The van der Waals surface area contributed by atoms with Crippen LogP contribution in [0.3, 0.4) is 0 Å². The molecule has 0 saturated carbocycles. The lowest BCUT2D eigenvalue weighted by atomic mass is 10.00. The van der Waals surface area contributed by atoms with E-state index in [0.717, 1.165) is 0 Å². The molecule has 1 unspecified atom stereocenters. The van der Waals surface area contributed by atoms with E-state index >= 15 is 0 Å². The highest BCUT2D eigenvalue weighted by atomic mass is 31.2. The Labute approximate surface area is 95.6 Å². The van der Waals surface area contributed by atoms with Crippen molar-refractivity contribution in [2.45, 2.75) is 30.7 Å². The maximum atomic E-state index is 9.12. The molecule has 104 valence electrons. The van der Waals surface area contributed by atoms with Crippen molar-refractivity contribution in [3.8, 4) is 0 Å². The lowest BCUT2D eigenvalue weighted by molar-refractivity contribution is -0.286. The van der Waals surface area contributed by atoms with Gasteiger partial charge in [-0.3, -0.25) is 0 Å². The Balaban J connectivity index is 0.000000437. The summed E-state index contributed by atoms with van der Waals surface area (Å²) in [5.74, 6) is 0. The third-order valence-electron chi connectivity index (χ3n) is 1.87. The first-order chi connectivity index (χ1) is 7.57. The van der Waals surface area contributed by atoms with Crippen LogP contribution in [0.1, 0.15) is 0 Å². The Bertz CT molecular complexity index is 253. The van der Waals surface area contributed by atoms with Crippen LogP contribution < -0.4 is 0 Å². The van der Waals surface area contributed by atoms with E-state index in [9.17, 15) is 0 Å². The van der Waals surface area contributed by atoms with Crippen LogP contribution in [0.25, 0.3) is 0 Å². The number of phosphoric acid groups is 1. The number of aliphatic hydroxyl groups is 5. The van der Waals surface area contributed by atoms with Gasteiger partial charge in [0, 0.05) is 0 Å². The van der Waals surface area contributed by atoms with Gasteiger partial charge in [0.25, 0.3) is 0 Å². The van der Waals surface area contributed by atoms with Gasteiger partial charge in [-0.25, -0.2) is 4.57 Å². The Morgan fingerprint density at radius 2 is 1.35 bits per heavy atom. The molecule has 0 spiro atoms. The van der Waals surface area contributed by atoms with Gasteiger partial charge in [0.2, 0.25) is 0 Å². The monoisotopic (exact) mass is 278 g/mol. The van der Waals surface area contributed by atoms with Crippen LogP contribution in [-0.2, 0) is 9.30 Å². The molecular weight excluding hydrogens is 263 g/mol. The van der Waals surface area contributed by atoms with Gasteiger partial charge in [0.05, 0.1) is 6.61 Å². The third-order valence-corrected chi connectivity index (χ3v) is 1.87. The average molecular weight is 278 g/mol. The highest BCUT2D eigenvalue weighted by Crippen LogP contribution is 2.25. The maximum absolute atomic E-state index is 9.12. The second-order valence-corrected chi connectivity index (χ2v) is 4.26. The topological polar surface area (TPSA) is 188 Å². The zero-order valence-electron chi connectivity index (χ0n) is 8.44. The molecule has 0 aliphatic carbocycles. The van der Waals surface area contributed by atoms with E-state index in [-0.39, 0.29) is 0 Å². The predicted octanol–water partition coefficient (Wildman–Crippen LogP) is -4.15. The molecule has 1 aliphatic heterocycles. The van der Waals surface area contributed by atoms with Crippen molar-refractivity contribution in [2.24, 2.45) is 0 Å². The summed E-state index contributed by atoms with van der Waals surface area (Å²) < 4.78 is 13.5. The summed E-state index contributed by atoms with van der Waals surface area (Å²) in [6, 6.07) is 0. The molecule has 5 atom stereocenters. The van der Waals surface area contributed by atoms with Gasteiger partial charge in [-0.05, 0) is 0 Å². The second-order valence-electron chi connectivity index (χ2n) is 3.23. The molecule has 10 nitrogen and oxygen atoms in total. The summed E-state index contributed by atoms with van der Waals surface area (Å²) in [7, 11) is -4.64. The lowest BCUT2D eigenvalue weighted by Gasteiger charge is -2.37. The summed E-state index contributed by atoms with van der Waals surface area (Å²) in [6.45, 7) is -0.526. The van der Waals surface area contributed by atoms with E-state index < -0.39 is 45.1 Å². The molecular formula is C6H15O10P. The van der Waals surface area contributed by atoms with E-state index in [1.165, 1.54) is 0 Å². The van der Waals surface area contributed by atoms with Gasteiger partial charge in [-0.2, -0.15) is 0 Å². The molecule has 11 heteroatoms. The minimum Gasteiger partial charge on any atom is -0.394 e. The normalized spacial score (nSPS) is 38.2. The fourth-order valence-corrected chi connectivity index (χ4v) is 1.08. The minimum atomic E-state index is -4.64. The van der Waals surface area contributed by atoms with E-state index in [0.29, 0.717) is 0 Å². The first-order valence-electron chi connectivity index (χ1n) is 4.34. The molecule has 0 amide bonds. The fraction of sp³-hybridized carbons (Fsp3) is 1.00. The molecule has 1 rings (SSSR count). The summed E-state index contributed by atoms with van der Waals surface area (Å²) in [4.78, 5) is 21.6. The first-order valence-corrected chi connectivity index (χ1v) is 5.91. The van der Waals surface area contributed by atoms with Crippen molar-refractivity contribution in [2.75, 3.05) is 6.61 Å². The molecule has 1 saturated heterocycles. The number of hydrogen-bond acceptors (Lipinski definition) is 7. The van der Waals surface area contributed by atoms with Gasteiger partial charge >= 0.3 is 7.82 Å². The number of hydrogen-bond donors (Lipinski definition) is 8. The Morgan fingerprint density at radius 3 is 1.71 bits per heavy atom. The molecule has 0 bridgehead atoms. The van der Waals surface area contributed by atoms with E-state index in [1.54, 1.807) is 0 Å². The largest absolute Gasteiger partial charge is 0.466 e. The van der Waals surface area contributed by atoms with Crippen LogP contribution in [0, 0.1) is 0 Å². The minimum absolute atomic E-state index is 0.526. The molecule has 0 aromatic heterocycles. The number of aliphatic hydroxyl groups excluding tert-OH is 5. The maximum Gasteiger partial charge on any atom is 0.466 e. The SMILES string of the molecule is O=P(O)(O)O.OC[C@H]1OC(O)[C@H](O)[C@@H](O)[C@H]1O. The zero-order chi connectivity index (χ0) is 13.8. The molecule has 17 heavy (non-hydrogen) atoms. The smallest absolute Gasteiger partial charge is 0.394 e. The molecule has 0 aromatic rings. The van der Waals surface area contributed by atoms with Crippen LogP contribution in [0.2, 0.25) is 0 Å². The van der Waals surface area contributed by atoms with E-state index in [1.807, 2.05) is 0 Å². The van der Waals surface area contributed by atoms with Crippen molar-refractivity contribution >= 4 is 7.82 Å². The van der Waals surface area contributed by atoms with Crippen LogP contribution >= 0.6 is 7.82 Å². The predicted molar refractivity (Wildman–Crippen MR) is 50.2 cm³/mol. The van der Waals surface area contributed by atoms with Crippen molar-refractivity contribution in [3.05, 3.63) is 0 Å². The zero-order valence-corrected chi connectivity index (χ0v) is 9.33. The quantitative estimate of drug-likeness (QED) is 0.218. The fourth-order valence-electron chi connectivity index (χ4n) is 1.08. The molecule has 0 radical (unpaired) electrons. The van der Waals surface area contributed by atoms with Crippen molar-refractivity contribution in [1.82, 2.24) is 0 Å². The van der Waals surface area contributed by atoms with Crippen molar-refractivity contribution in [3.63, 3.8) is 0 Å². The van der Waals surface area contributed by atoms with Gasteiger partial charge in [0.1, 0.15) is 24.4 Å². The Hall–Kier alpha value is -0.130. The second kappa shape index (κ2) is 6.71. The summed E-state index contributed by atoms with van der Waals surface area (Å²) in [5, 5.41) is 44.7. The Morgan fingerprint density at radius 1 is 0.941 bits per heavy atom. The first kappa shape index (κ1) is 16.9. The van der Waals surface area contributed by atoms with Gasteiger partial charge in [-0.15, -0.1) is 0 Å². The Kier molecular flexibility index (Phi) is 6.66. The molecule has 1 aliphatic rings. The molecule has 1 fully saturated rings. The molecule has 1 heterocycles. The van der Waals surface area contributed by atoms with Crippen LogP contribution in [0.15, 0.2) is 0 Å². The molecule has 0 aromatic carbocycles.